The van der Waals surface area contributed by atoms with Crippen molar-refractivity contribution < 1.29 is 13.5 Å². The molecular formula is C10H16N2O3S. The highest BCUT2D eigenvalue weighted by Gasteiger charge is 2.09. The third-order valence-corrected chi connectivity index (χ3v) is 3.15. The molecule has 0 aliphatic rings. The maximum Gasteiger partial charge on any atom is 0.175 e. The predicted molar refractivity (Wildman–Crippen MR) is 64.1 cm³/mol. The number of aliphatic hydroxyl groups is 1. The molecule has 4 N–H and O–H groups in total. The number of aliphatic hydroxyl groups excluding tert-OH is 1. The largest absolute Gasteiger partial charge is 0.397 e. The van der Waals surface area contributed by atoms with E-state index in [0.29, 0.717) is 17.9 Å². The van der Waals surface area contributed by atoms with Gasteiger partial charge in [-0.25, -0.2) is 8.42 Å². The fraction of sp³-hybridized carbons (Fsp3) is 0.400. The molecule has 1 atom stereocenters. The Bertz CT molecular complexity index is 469. The fourth-order valence-electron chi connectivity index (χ4n) is 1.19. The van der Waals surface area contributed by atoms with Gasteiger partial charge in [0.25, 0.3) is 0 Å². The summed E-state index contributed by atoms with van der Waals surface area (Å²) in [4.78, 5) is 0.188. The summed E-state index contributed by atoms with van der Waals surface area (Å²) in [7, 11) is -3.23. The standard InChI is InChI=1S/C10H16N2O3S/c1-7(13)6-12-10-4-3-8(5-9(10)11)16(2,14)15/h3-5,7,12-13H,6,11H2,1-2H3. The van der Waals surface area contributed by atoms with Crippen LogP contribution in [0.1, 0.15) is 6.92 Å². The minimum absolute atomic E-state index is 0.188. The number of hydrogen-bond donors (Lipinski definition) is 3. The number of nitrogens with one attached hydrogen (secondary N) is 1. The van der Waals surface area contributed by atoms with Gasteiger partial charge in [-0.3, -0.25) is 0 Å². The van der Waals surface area contributed by atoms with Crippen LogP contribution in [0, 0.1) is 0 Å². The normalized spacial score (nSPS) is 13.4. The molecule has 0 saturated carbocycles. The van der Waals surface area contributed by atoms with Crippen molar-refractivity contribution in [3.05, 3.63) is 18.2 Å². The molecule has 5 nitrogen and oxygen atoms in total. The quantitative estimate of drug-likeness (QED) is 0.669. The van der Waals surface area contributed by atoms with Crippen LogP contribution in [0.2, 0.25) is 0 Å². The molecule has 90 valence electrons. The van der Waals surface area contributed by atoms with E-state index in [9.17, 15) is 8.42 Å². The van der Waals surface area contributed by atoms with Crippen molar-refractivity contribution in [2.75, 3.05) is 23.9 Å². The van der Waals surface area contributed by atoms with E-state index >= 15 is 0 Å². The Morgan fingerprint density at radius 3 is 2.56 bits per heavy atom. The van der Waals surface area contributed by atoms with Crippen LogP contribution in [-0.2, 0) is 9.84 Å². The van der Waals surface area contributed by atoms with E-state index in [1.54, 1.807) is 13.0 Å². The average Bonchev–Trinajstić information content (AvgIpc) is 2.14. The Morgan fingerprint density at radius 2 is 2.12 bits per heavy atom. The number of nitrogens with two attached hydrogens (primary N) is 1. The lowest BCUT2D eigenvalue weighted by Gasteiger charge is -2.11. The zero-order valence-corrected chi connectivity index (χ0v) is 10.1. The Kier molecular flexibility index (Phi) is 3.77. The van der Waals surface area contributed by atoms with Crippen LogP contribution in [0.4, 0.5) is 11.4 Å². The van der Waals surface area contributed by atoms with Crippen molar-refractivity contribution in [3.8, 4) is 0 Å². The summed E-state index contributed by atoms with van der Waals surface area (Å²) < 4.78 is 22.5. The van der Waals surface area contributed by atoms with Crippen molar-refractivity contribution in [1.82, 2.24) is 0 Å². The average molecular weight is 244 g/mol. The summed E-state index contributed by atoms with van der Waals surface area (Å²) in [6.45, 7) is 2.01. The highest BCUT2D eigenvalue weighted by atomic mass is 32.2. The molecule has 1 unspecified atom stereocenters. The lowest BCUT2D eigenvalue weighted by atomic mass is 10.2. The fourth-order valence-corrected chi connectivity index (χ4v) is 1.85. The van der Waals surface area contributed by atoms with Gasteiger partial charge in [-0.15, -0.1) is 0 Å². The Balaban J connectivity index is 2.92. The van der Waals surface area contributed by atoms with E-state index in [0.717, 1.165) is 6.26 Å². The van der Waals surface area contributed by atoms with E-state index in [4.69, 9.17) is 10.8 Å². The van der Waals surface area contributed by atoms with Gasteiger partial charge in [0.1, 0.15) is 0 Å². The second-order valence-corrected chi connectivity index (χ2v) is 5.77. The van der Waals surface area contributed by atoms with Crippen molar-refractivity contribution in [2.24, 2.45) is 0 Å². The van der Waals surface area contributed by atoms with Gasteiger partial charge in [0.05, 0.1) is 22.4 Å². The van der Waals surface area contributed by atoms with Gasteiger partial charge in [-0.05, 0) is 25.1 Å². The van der Waals surface area contributed by atoms with E-state index in [1.807, 2.05) is 0 Å². The predicted octanol–water partition coefficient (Wildman–Crippen LogP) is 0.465. The Hall–Kier alpha value is -1.27. The van der Waals surface area contributed by atoms with Gasteiger partial charge in [-0.1, -0.05) is 0 Å². The summed E-state index contributed by atoms with van der Waals surface area (Å²) in [5.74, 6) is 0. The van der Waals surface area contributed by atoms with Crippen LogP contribution in [0.3, 0.4) is 0 Å². The van der Waals surface area contributed by atoms with Gasteiger partial charge < -0.3 is 16.2 Å². The molecular weight excluding hydrogens is 228 g/mol. The van der Waals surface area contributed by atoms with Crippen molar-refractivity contribution in [1.29, 1.82) is 0 Å². The number of benzene rings is 1. The first-order valence-corrected chi connectivity index (χ1v) is 6.71. The third-order valence-electron chi connectivity index (χ3n) is 2.04. The van der Waals surface area contributed by atoms with E-state index in [1.165, 1.54) is 12.1 Å². The molecule has 0 aromatic heterocycles. The molecule has 0 aliphatic carbocycles. The van der Waals surface area contributed by atoms with Crippen molar-refractivity contribution in [3.63, 3.8) is 0 Å². The molecule has 1 rings (SSSR count). The van der Waals surface area contributed by atoms with E-state index in [-0.39, 0.29) is 4.90 Å². The van der Waals surface area contributed by atoms with E-state index in [2.05, 4.69) is 5.32 Å². The molecule has 0 fully saturated rings. The zero-order chi connectivity index (χ0) is 12.3. The van der Waals surface area contributed by atoms with Gasteiger partial charge in [0, 0.05) is 12.8 Å². The lowest BCUT2D eigenvalue weighted by molar-refractivity contribution is 0.208. The second kappa shape index (κ2) is 4.71. The van der Waals surface area contributed by atoms with Crippen molar-refractivity contribution in [2.45, 2.75) is 17.9 Å². The third kappa shape index (κ3) is 3.39. The van der Waals surface area contributed by atoms with Crippen LogP contribution in [0.5, 0.6) is 0 Å². The van der Waals surface area contributed by atoms with Gasteiger partial charge in [-0.2, -0.15) is 0 Å². The van der Waals surface area contributed by atoms with Crippen LogP contribution in [0.25, 0.3) is 0 Å². The van der Waals surface area contributed by atoms with Crippen LogP contribution in [0.15, 0.2) is 23.1 Å². The first-order chi connectivity index (χ1) is 7.30. The van der Waals surface area contributed by atoms with E-state index < -0.39 is 15.9 Å². The molecule has 0 spiro atoms. The molecule has 0 bridgehead atoms. The number of anilines is 2. The summed E-state index contributed by atoms with van der Waals surface area (Å²) >= 11 is 0. The smallest absolute Gasteiger partial charge is 0.175 e. The molecule has 6 heteroatoms. The molecule has 0 amide bonds. The molecule has 0 radical (unpaired) electrons. The Morgan fingerprint density at radius 1 is 1.50 bits per heavy atom. The number of nitrogen functional groups attached to an aromatic ring is 1. The highest BCUT2D eigenvalue weighted by Crippen LogP contribution is 2.22. The highest BCUT2D eigenvalue weighted by molar-refractivity contribution is 7.90. The first-order valence-electron chi connectivity index (χ1n) is 4.82. The topological polar surface area (TPSA) is 92.4 Å². The summed E-state index contributed by atoms with van der Waals surface area (Å²) in [6, 6.07) is 4.48. The number of sulfone groups is 1. The number of hydrogen-bond acceptors (Lipinski definition) is 5. The number of rotatable bonds is 4. The lowest BCUT2D eigenvalue weighted by Crippen LogP contribution is -2.16. The van der Waals surface area contributed by atoms with Gasteiger partial charge >= 0.3 is 0 Å². The summed E-state index contributed by atoms with van der Waals surface area (Å²) in [6.07, 6.45) is 0.638. The minimum atomic E-state index is -3.23. The first kappa shape index (κ1) is 12.8. The molecule has 0 saturated heterocycles. The zero-order valence-electron chi connectivity index (χ0n) is 9.27. The molecule has 1 aromatic carbocycles. The SMILES string of the molecule is CC(O)CNc1ccc(S(C)(=O)=O)cc1N. The summed E-state index contributed by atoms with van der Waals surface area (Å²) in [5.41, 5.74) is 6.67. The monoisotopic (exact) mass is 244 g/mol. The van der Waals surface area contributed by atoms with Crippen LogP contribution >= 0.6 is 0 Å². The Labute approximate surface area is 95.2 Å². The van der Waals surface area contributed by atoms with Crippen molar-refractivity contribution >= 4 is 21.2 Å². The second-order valence-electron chi connectivity index (χ2n) is 3.75. The molecule has 0 heterocycles. The van der Waals surface area contributed by atoms with Crippen LogP contribution < -0.4 is 11.1 Å². The molecule has 1 aromatic rings. The molecule has 16 heavy (non-hydrogen) atoms. The maximum atomic E-state index is 11.2. The minimum Gasteiger partial charge on any atom is -0.397 e. The van der Waals surface area contributed by atoms with Crippen LogP contribution in [-0.4, -0.2) is 32.4 Å². The summed E-state index contributed by atoms with van der Waals surface area (Å²) in [5, 5.41) is 12.0. The maximum absolute atomic E-state index is 11.2. The van der Waals surface area contributed by atoms with Gasteiger partial charge in [0.15, 0.2) is 9.84 Å². The van der Waals surface area contributed by atoms with Gasteiger partial charge in [0.2, 0.25) is 0 Å². The molecule has 0 aliphatic heterocycles.